The van der Waals surface area contributed by atoms with Gasteiger partial charge in [0, 0.05) is 16.9 Å². The number of amides is 1. The standard InChI is InChI=1S/C14H18BrNO/c1-10-5-7-11(8-6-10)14(17)16-13-4-2-3-12(13)9-15/h5-8,12-13H,2-4,9H2,1H3,(H,16,17). The monoisotopic (exact) mass is 295 g/mol. The molecule has 1 aromatic rings. The summed E-state index contributed by atoms with van der Waals surface area (Å²) in [6.07, 6.45) is 3.53. The molecule has 17 heavy (non-hydrogen) atoms. The van der Waals surface area contributed by atoms with Crippen LogP contribution in [-0.2, 0) is 0 Å². The van der Waals surface area contributed by atoms with E-state index in [-0.39, 0.29) is 5.91 Å². The van der Waals surface area contributed by atoms with Gasteiger partial charge in [-0.15, -0.1) is 0 Å². The SMILES string of the molecule is Cc1ccc(C(=O)NC2CCCC2CBr)cc1. The van der Waals surface area contributed by atoms with Crippen LogP contribution in [0.2, 0.25) is 0 Å². The van der Waals surface area contributed by atoms with Gasteiger partial charge in [-0.05, 0) is 37.8 Å². The number of carbonyl (C=O) groups is 1. The molecule has 0 spiro atoms. The first kappa shape index (κ1) is 12.6. The van der Waals surface area contributed by atoms with Crippen LogP contribution in [0, 0.1) is 12.8 Å². The third kappa shape index (κ3) is 3.09. The van der Waals surface area contributed by atoms with Crippen LogP contribution in [0.4, 0.5) is 0 Å². The molecule has 0 heterocycles. The van der Waals surface area contributed by atoms with Crippen LogP contribution in [0.1, 0.15) is 35.2 Å². The number of benzene rings is 1. The molecule has 0 radical (unpaired) electrons. The molecular formula is C14H18BrNO. The number of rotatable bonds is 3. The highest BCUT2D eigenvalue weighted by molar-refractivity contribution is 9.09. The van der Waals surface area contributed by atoms with Gasteiger partial charge < -0.3 is 5.32 Å². The van der Waals surface area contributed by atoms with Crippen molar-refractivity contribution in [2.24, 2.45) is 5.92 Å². The maximum absolute atomic E-state index is 12.0. The Bertz CT molecular complexity index is 388. The van der Waals surface area contributed by atoms with Crippen molar-refractivity contribution in [2.45, 2.75) is 32.2 Å². The Labute approximate surface area is 111 Å². The smallest absolute Gasteiger partial charge is 0.251 e. The summed E-state index contributed by atoms with van der Waals surface area (Å²) in [5.41, 5.74) is 1.94. The summed E-state index contributed by atoms with van der Waals surface area (Å²) in [7, 11) is 0. The van der Waals surface area contributed by atoms with Crippen molar-refractivity contribution in [1.29, 1.82) is 0 Å². The maximum Gasteiger partial charge on any atom is 0.251 e. The van der Waals surface area contributed by atoms with E-state index in [4.69, 9.17) is 0 Å². The molecule has 92 valence electrons. The van der Waals surface area contributed by atoms with Gasteiger partial charge in [-0.3, -0.25) is 4.79 Å². The van der Waals surface area contributed by atoms with Gasteiger partial charge >= 0.3 is 0 Å². The van der Waals surface area contributed by atoms with Gasteiger partial charge in [-0.1, -0.05) is 40.0 Å². The van der Waals surface area contributed by atoms with E-state index in [0.717, 1.165) is 17.3 Å². The highest BCUT2D eigenvalue weighted by atomic mass is 79.9. The van der Waals surface area contributed by atoms with Gasteiger partial charge in [-0.25, -0.2) is 0 Å². The van der Waals surface area contributed by atoms with Gasteiger partial charge in [-0.2, -0.15) is 0 Å². The van der Waals surface area contributed by atoms with E-state index in [2.05, 4.69) is 21.2 Å². The van der Waals surface area contributed by atoms with Crippen LogP contribution in [0.3, 0.4) is 0 Å². The average Bonchev–Trinajstić information content (AvgIpc) is 2.77. The number of nitrogens with one attached hydrogen (secondary N) is 1. The van der Waals surface area contributed by atoms with Crippen molar-refractivity contribution in [3.63, 3.8) is 0 Å². The number of halogens is 1. The number of aryl methyl sites for hydroxylation is 1. The Hall–Kier alpha value is -0.830. The zero-order chi connectivity index (χ0) is 12.3. The fourth-order valence-electron chi connectivity index (χ4n) is 2.37. The molecular weight excluding hydrogens is 278 g/mol. The molecule has 2 rings (SSSR count). The molecule has 0 saturated heterocycles. The minimum absolute atomic E-state index is 0.0582. The highest BCUT2D eigenvalue weighted by Gasteiger charge is 2.27. The van der Waals surface area contributed by atoms with Gasteiger partial charge in [0.2, 0.25) is 0 Å². The maximum atomic E-state index is 12.0. The first-order valence-electron chi connectivity index (χ1n) is 6.14. The molecule has 2 nitrogen and oxygen atoms in total. The Morgan fingerprint density at radius 3 is 2.71 bits per heavy atom. The Morgan fingerprint density at radius 2 is 2.06 bits per heavy atom. The topological polar surface area (TPSA) is 29.1 Å². The largest absolute Gasteiger partial charge is 0.349 e. The first-order valence-corrected chi connectivity index (χ1v) is 7.26. The predicted molar refractivity (Wildman–Crippen MR) is 73.6 cm³/mol. The predicted octanol–water partition coefficient (Wildman–Crippen LogP) is 3.29. The van der Waals surface area contributed by atoms with E-state index in [1.807, 2.05) is 31.2 Å². The molecule has 1 aliphatic rings. The Balaban J connectivity index is 1.99. The Kier molecular flexibility index (Phi) is 4.21. The van der Waals surface area contributed by atoms with Gasteiger partial charge in [0.25, 0.3) is 5.91 Å². The van der Waals surface area contributed by atoms with Crippen LogP contribution in [0.25, 0.3) is 0 Å². The van der Waals surface area contributed by atoms with Crippen LogP contribution in [-0.4, -0.2) is 17.3 Å². The third-order valence-electron chi connectivity index (χ3n) is 3.49. The second kappa shape index (κ2) is 5.67. The molecule has 1 aliphatic carbocycles. The highest BCUT2D eigenvalue weighted by Crippen LogP contribution is 2.27. The summed E-state index contributed by atoms with van der Waals surface area (Å²) in [6, 6.07) is 8.07. The minimum atomic E-state index is 0.0582. The molecule has 3 heteroatoms. The molecule has 1 fully saturated rings. The quantitative estimate of drug-likeness (QED) is 0.852. The lowest BCUT2D eigenvalue weighted by atomic mass is 10.1. The van der Waals surface area contributed by atoms with E-state index in [1.54, 1.807) is 0 Å². The molecule has 0 aromatic heterocycles. The molecule has 1 aromatic carbocycles. The normalized spacial score (nSPS) is 23.6. The number of hydrogen-bond acceptors (Lipinski definition) is 1. The summed E-state index contributed by atoms with van der Waals surface area (Å²) in [5.74, 6) is 0.646. The Morgan fingerprint density at radius 1 is 1.35 bits per heavy atom. The van der Waals surface area contributed by atoms with Gasteiger partial charge in [0.1, 0.15) is 0 Å². The van der Waals surface area contributed by atoms with Crippen molar-refractivity contribution in [1.82, 2.24) is 5.32 Å². The van der Waals surface area contributed by atoms with Crippen LogP contribution in [0.15, 0.2) is 24.3 Å². The van der Waals surface area contributed by atoms with Crippen molar-refractivity contribution in [3.05, 3.63) is 35.4 Å². The average molecular weight is 296 g/mol. The van der Waals surface area contributed by atoms with Crippen LogP contribution < -0.4 is 5.32 Å². The fraction of sp³-hybridized carbons (Fsp3) is 0.500. The summed E-state index contributed by atoms with van der Waals surface area (Å²) in [4.78, 5) is 12.0. The lowest BCUT2D eigenvalue weighted by molar-refractivity contribution is 0.0930. The lowest BCUT2D eigenvalue weighted by Gasteiger charge is -2.19. The molecule has 1 N–H and O–H groups in total. The second-order valence-electron chi connectivity index (χ2n) is 4.79. The molecule has 0 aliphatic heterocycles. The van der Waals surface area contributed by atoms with Gasteiger partial charge in [0.05, 0.1) is 0 Å². The van der Waals surface area contributed by atoms with E-state index in [1.165, 1.54) is 18.4 Å². The number of hydrogen-bond donors (Lipinski definition) is 1. The lowest BCUT2D eigenvalue weighted by Crippen LogP contribution is -2.37. The van der Waals surface area contributed by atoms with Crippen molar-refractivity contribution < 1.29 is 4.79 Å². The molecule has 0 bridgehead atoms. The van der Waals surface area contributed by atoms with Crippen LogP contribution in [0.5, 0.6) is 0 Å². The molecule has 2 atom stereocenters. The van der Waals surface area contributed by atoms with E-state index < -0.39 is 0 Å². The summed E-state index contributed by atoms with van der Waals surface area (Å²) < 4.78 is 0. The third-order valence-corrected chi connectivity index (χ3v) is 4.32. The van der Waals surface area contributed by atoms with Crippen molar-refractivity contribution >= 4 is 21.8 Å². The van der Waals surface area contributed by atoms with E-state index in [0.29, 0.717) is 12.0 Å². The molecule has 1 amide bonds. The van der Waals surface area contributed by atoms with Crippen molar-refractivity contribution in [2.75, 3.05) is 5.33 Å². The van der Waals surface area contributed by atoms with E-state index >= 15 is 0 Å². The van der Waals surface area contributed by atoms with Gasteiger partial charge in [0.15, 0.2) is 0 Å². The van der Waals surface area contributed by atoms with Crippen LogP contribution >= 0.6 is 15.9 Å². The van der Waals surface area contributed by atoms with E-state index in [9.17, 15) is 4.79 Å². The number of carbonyl (C=O) groups excluding carboxylic acids is 1. The zero-order valence-electron chi connectivity index (χ0n) is 10.1. The zero-order valence-corrected chi connectivity index (χ0v) is 11.7. The first-order chi connectivity index (χ1) is 8.20. The number of alkyl halides is 1. The van der Waals surface area contributed by atoms with Crippen molar-refractivity contribution in [3.8, 4) is 0 Å². The summed E-state index contributed by atoms with van der Waals surface area (Å²) >= 11 is 3.52. The minimum Gasteiger partial charge on any atom is -0.349 e. The molecule has 1 saturated carbocycles. The summed E-state index contributed by atoms with van der Waals surface area (Å²) in [5, 5.41) is 4.12. The molecule has 2 unspecified atom stereocenters. The fourth-order valence-corrected chi connectivity index (χ4v) is 3.14. The second-order valence-corrected chi connectivity index (χ2v) is 5.44. The summed E-state index contributed by atoms with van der Waals surface area (Å²) in [6.45, 7) is 2.03.